The Morgan fingerprint density at radius 2 is 1.30 bits per heavy atom. The molecule has 0 radical (unpaired) electrons. The van der Waals surface area contributed by atoms with E-state index in [1.165, 1.54) is 60.2 Å². The fraction of sp³-hybridized carbons (Fsp3) is 0.133. The van der Waals surface area contributed by atoms with Crippen molar-refractivity contribution in [3.8, 4) is 5.69 Å². The van der Waals surface area contributed by atoms with E-state index in [9.17, 15) is 0 Å². The Bertz CT molecular complexity index is 1600. The molecular weight excluding hydrogens is 402 g/mol. The number of hydrogen-bond acceptors (Lipinski definition) is 2. The van der Waals surface area contributed by atoms with Crippen molar-refractivity contribution in [2.24, 2.45) is 0 Å². The standard InChI is InChI=1S/C30H25N3/c1-31-17-19-10-11-28(26(12-19)27-18-32-27)33-29-15-22-8-4-2-6-20(22)13-24(29)25-14-21-7-3-5-9-23(21)16-30(25)33/h2-16,27,31-32H,17-18H2,1H3. The van der Waals surface area contributed by atoms with Crippen LogP contribution in [0.4, 0.5) is 0 Å². The van der Waals surface area contributed by atoms with E-state index in [4.69, 9.17) is 0 Å². The zero-order valence-electron chi connectivity index (χ0n) is 18.6. The Hall–Kier alpha value is -3.66. The minimum Gasteiger partial charge on any atom is -0.316 e. The molecule has 1 atom stereocenters. The zero-order valence-corrected chi connectivity index (χ0v) is 18.6. The molecule has 1 saturated heterocycles. The number of nitrogens with one attached hydrogen (secondary N) is 2. The van der Waals surface area contributed by atoms with Gasteiger partial charge < -0.3 is 15.2 Å². The second-order valence-electron chi connectivity index (χ2n) is 9.15. The van der Waals surface area contributed by atoms with Crippen LogP contribution in [0, 0.1) is 0 Å². The molecule has 1 aromatic heterocycles. The Kier molecular flexibility index (Phi) is 4.10. The minimum atomic E-state index is 0.421. The number of rotatable bonds is 4. The molecule has 0 saturated carbocycles. The molecule has 0 bridgehead atoms. The molecule has 3 heteroatoms. The Morgan fingerprint density at radius 1 is 0.758 bits per heavy atom. The van der Waals surface area contributed by atoms with Crippen molar-refractivity contribution in [3.63, 3.8) is 0 Å². The van der Waals surface area contributed by atoms with Gasteiger partial charge in [-0.05, 0) is 70.1 Å². The molecule has 0 amide bonds. The first-order valence-electron chi connectivity index (χ1n) is 11.7. The maximum atomic E-state index is 3.54. The van der Waals surface area contributed by atoms with Gasteiger partial charge in [-0.15, -0.1) is 0 Å². The zero-order chi connectivity index (χ0) is 21.9. The van der Waals surface area contributed by atoms with E-state index in [1.54, 1.807) is 0 Å². The molecule has 3 nitrogen and oxygen atoms in total. The van der Waals surface area contributed by atoms with E-state index < -0.39 is 0 Å². The summed E-state index contributed by atoms with van der Waals surface area (Å²) >= 11 is 0. The van der Waals surface area contributed by atoms with Crippen molar-refractivity contribution in [1.82, 2.24) is 15.2 Å². The summed E-state index contributed by atoms with van der Waals surface area (Å²) in [4.78, 5) is 0. The topological polar surface area (TPSA) is 38.9 Å². The van der Waals surface area contributed by atoms with Gasteiger partial charge in [-0.2, -0.15) is 0 Å². The van der Waals surface area contributed by atoms with E-state index in [2.05, 4.69) is 106 Å². The predicted octanol–water partition coefficient (Wildman–Crippen LogP) is 6.45. The van der Waals surface area contributed by atoms with Crippen LogP contribution in [0.1, 0.15) is 17.2 Å². The monoisotopic (exact) mass is 427 g/mol. The summed E-state index contributed by atoms with van der Waals surface area (Å²) in [6.07, 6.45) is 0. The molecule has 1 fully saturated rings. The van der Waals surface area contributed by atoms with Crippen LogP contribution in [-0.4, -0.2) is 18.2 Å². The summed E-state index contributed by atoms with van der Waals surface area (Å²) in [5.74, 6) is 0. The fourth-order valence-corrected chi connectivity index (χ4v) is 5.33. The van der Waals surface area contributed by atoms with Crippen LogP contribution in [0.2, 0.25) is 0 Å². The molecule has 1 unspecified atom stereocenters. The smallest absolute Gasteiger partial charge is 0.0547 e. The largest absolute Gasteiger partial charge is 0.316 e. The van der Waals surface area contributed by atoms with Gasteiger partial charge in [-0.1, -0.05) is 60.7 Å². The second kappa shape index (κ2) is 7.17. The third kappa shape index (κ3) is 2.97. The maximum Gasteiger partial charge on any atom is 0.0547 e. The highest BCUT2D eigenvalue weighted by molar-refractivity contribution is 6.16. The molecule has 1 aliphatic rings. The molecule has 1 aliphatic heterocycles. The highest BCUT2D eigenvalue weighted by atomic mass is 15.1. The van der Waals surface area contributed by atoms with Gasteiger partial charge in [0.2, 0.25) is 0 Å². The van der Waals surface area contributed by atoms with Crippen molar-refractivity contribution >= 4 is 43.4 Å². The summed E-state index contributed by atoms with van der Waals surface area (Å²) in [6, 6.07) is 34.2. The summed E-state index contributed by atoms with van der Waals surface area (Å²) in [5.41, 5.74) is 6.50. The average molecular weight is 428 g/mol. The SMILES string of the molecule is CNCc1ccc(-n2c3cc4ccccc4cc3c3cc4ccccc4cc32)c(C2CN2)c1. The van der Waals surface area contributed by atoms with Crippen LogP contribution in [0.15, 0.2) is 91.0 Å². The van der Waals surface area contributed by atoms with Gasteiger partial charge in [-0.3, -0.25) is 0 Å². The van der Waals surface area contributed by atoms with Gasteiger partial charge in [0.05, 0.1) is 16.7 Å². The van der Waals surface area contributed by atoms with Gasteiger partial charge in [0.25, 0.3) is 0 Å². The lowest BCUT2D eigenvalue weighted by Crippen LogP contribution is -2.07. The van der Waals surface area contributed by atoms with Crippen molar-refractivity contribution in [1.29, 1.82) is 0 Å². The van der Waals surface area contributed by atoms with Crippen molar-refractivity contribution < 1.29 is 0 Å². The lowest BCUT2D eigenvalue weighted by atomic mass is 10.0. The van der Waals surface area contributed by atoms with Crippen LogP contribution in [-0.2, 0) is 6.54 Å². The van der Waals surface area contributed by atoms with Gasteiger partial charge in [0, 0.05) is 29.9 Å². The Labute approximate surface area is 192 Å². The molecule has 0 aliphatic carbocycles. The molecule has 0 spiro atoms. The van der Waals surface area contributed by atoms with Crippen molar-refractivity contribution in [3.05, 3.63) is 102 Å². The highest BCUT2D eigenvalue weighted by Gasteiger charge is 2.27. The lowest BCUT2D eigenvalue weighted by molar-refractivity contribution is 0.814. The van der Waals surface area contributed by atoms with Gasteiger partial charge in [0.1, 0.15) is 0 Å². The number of nitrogens with zero attached hydrogens (tertiary/aromatic N) is 1. The van der Waals surface area contributed by atoms with Crippen LogP contribution < -0.4 is 10.6 Å². The van der Waals surface area contributed by atoms with Crippen LogP contribution in [0.5, 0.6) is 0 Å². The van der Waals surface area contributed by atoms with Crippen LogP contribution in [0.25, 0.3) is 49.0 Å². The van der Waals surface area contributed by atoms with Crippen LogP contribution >= 0.6 is 0 Å². The third-order valence-electron chi connectivity index (χ3n) is 7.00. The van der Waals surface area contributed by atoms with Gasteiger partial charge in [0.15, 0.2) is 0 Å². The summed E-state index contributed by atoms with van der Waals surface area (Å²) in [7, 11) is 2.01. The number of aromatic nitrogens is 1. The fourth-order valence-electron chi connectivity index (χ4n) is 5.33. The van der Waals surface area contributed by atoms with Gasteiger partial charge in [-0.25, -0.2) is 0 Å². The molecule has 33 heavy (non-hydrogen) atoms. The predicted molar refractivity (Wildman–Crippen MR) is 139 cm³/mol. The van der Waals surface area contributed by atoms with E-state index in [0.717, 1.165) is 13.1 Å². The molecule has 160 valence electrons. The molecule has 5 aromatic carbocycles. The lowest BCUT2D eigenvalue weighted by Gasteiger charge is -2.15. The normalized spacial score (nSPS) is 15.7. The summed E-state index contributed by atoms with van der Waals surface area (Å²) in [6.45, 7) is 1.92. The molecule has 7 rings (SSSR count). The minimum absolute atomic E-state index is 0.421. The van der Waals surface area contributed by atoms with Crippen molar-refractivity contribution in [2.45, 2.75) is 12.6 Å². The Morgan fingerprint density at radius 3 is 1.82 bits per heavy atom. The molecular formula is C30H25N3. The highest BCUT2D eigenvalue weighted by Crippen LogP contribution is 2.39. The number of fused-ring (bicyclic) bond motifs is 5. The van der Waals surface area contributed by atoms with Crippen LogP contribution in [0.3, 0.4) is 0 Å². The molecule has 2 heterocycles. The van der Waals surface area contributed by atoms with Gasteiger partial charge >= 0.3 is 0 Å². The quantitative estimate of drug-likeness (QED) is 0.317. The second-order valence-corrected chi connectivity index (χ2v) is 9.15. The first-order chi connectivity index (χ1) is 16.3. The van der Waals surface area contributed by atoms with Crippen molar-refractivity contribution in [2.75, 3.05) is 13.6 Å². The average Bonchev–Trinajstić information content (AvgIpc) is 3.65. The number of benzene rings is 5. The first-order valence-corrected chi connectivity index (χ1v) is 11.7. The van der Waals surface area contributed by atoms with E-state index in [0.29, 0.717) is 6.04 Å². The van der Waals surface area contributed by atoms with E-state index in [1.807, 2.05) is 7.05 Å². The third-order valence-corrected chi connectivity index (χ3v) is 7.00. The van der Waals surface area contributed by atoms with E-state index >= 15 is 0 Å². The van der Waals surface area contributed by atoms with E-state index in [-0.39, 0.29) is 0 Å². The maximum absolute atomic E-state index is 3.54. The molecule has 6 aromatic rings. The summed E-state index contributed by atoms with van der Waals surface area (Å²) < 4.78 is 2.49. The summed E-state index contributed by atoms with van der Waals surface area (Å²) in [5, 5.41) is 14.6. The number of hydrogen-bond donors (Lipinski definition) is 2. The Balaban J connectivity index is 1.63. The molecule has 2 N–H and O–H groups in total. The first kappa shape index (κ1) is 18.9.